The average molecular weight is 465 g/mol. The van der Waals surface area contributed by atoms with Crippen molar-refractivity contribution >= 4 is 23.1 Å². The van der Waals surface area contributed by atoms with Gasteiger partial charge in [0.05, 0.1) is 25.5 Å². The molecule has 0 aliphatic carbocycles. The van der Waals surface area contributed by atoms with E-state index in [-0.39, 0.29) is 0 Å². The second-order valence-corrected chi connectivity index (χ2v) is 8.85. The van der Waals surface area contributed by atoms with Gasteiger partial charge in [-0.25, -0.2) is 4.98 Å². The van der Waals surface area contributed by atoms with Crippen molar-refractivity contribution in [3.63, 3.8) is 0 Å². The summed E-state index contributed by atoms with van der Waals surface area (Å²) in [6.07, 6.45) is 1.86. The van der Waals surface area contributed by atoms with Gasteiger partial charge in [-0.3, -0.25) is 4.57 Å². The van der Waals surface area contributed by atoms with Gasteiger partial charge in [-0.2, -0.15) is 0 Å². The van der Waals surface area contributed by atoms with Gasteiger partial charge < -0.3 is 9.47 Å². The number of hydrogen-bond acceptors (Lipinski definition) is 7. The van der Waals surface area contributed by atoms with Crippen LogP contribution in [0.4, 0.5) is 0 Å². The zero-order valence-electron chi connectivity index (χ0n) is 18.2. The number of hydrogen-bond donors (Lipinski definition) is 0. The van der Waals surface area contributed by atoms with Crippen LogP contribution in [0.15, 0.2) is 65.7 Å². The van der Waals surface area contributed by atoms with Gasteiger partial charge in [0.1, 0.15) is 5.01 Å². The maximum atomic E-state index is 5.56. The van der Waals surface area contributed by atoms with Gasteiger partial charge in [-0.05, 0) is 25.1 Å². The van der Waals surface area contributed by atoms with Gasteiger partial charge in [0.2, 0.25) is 0 Å². The van der Waals surface area contributed by atoms with E-state index in [9.17, 15) is 0 Å². The lowest BCUT2D eigenvalue weighted by atomic mass is 10.1. The van der Waals surface area contributed by atoms with Crippen molar-refractivity contribution in [2.24, 2.45) is 0 Å². The average Bonchev–Trinajstić information content (AvgIpc) is 3.44. The molecule has 0 amide bonds. The van der Waals surface area contributed by atoms with Crippen molar-refractivity contribution in [1.82, 2.24) is 19.7 Å². The molecule has 32 heavy (non-hydrogen) atoms. The van der Waals surface area contributed by atoms with E-state index in [1.807, 2.05) is 30.3 Å². The van der Waals surface area contributed by atoms with Crippen LogP contribution < -0.4 is 9.47 Å². The highest BCUT2D eigenvalue weighted by molar-refractivity contribution is 7.98. The van der Waals surface area contributed by atoms with Gasteiger partial charge in [0.15, 0.2) is 22.5 Å². The molecule has 0 fully saturated rings. The lowest BCUT2D eigenvalue weighted by molar-refractivity contribution is 0.356. The Labute approximate surface area is 196 Å². The number of methoxy groups -OCH3 is 2. The summed E-state index contributed by atoms with van der Waals surface area (Å²) in [4.78, 5) is 4.82. The first-order valence-corrected chi connectivity index (χ1v) is 11.9. The molecule has 2 aromatic carbocycles. The standard InChI is InChI=1S/C24H24N4O2S2/c1-5-12-28-22(17-9-6-8-16(2)13-17)26-27-24(28)32-15-18-14-31-23(25-18)19-10-7-11-20(29-3)21(19)30-4/h5-11,13-14H,1,12,15H2,2-4H3. The van der Waals surface area contributed by atoms with Crippen molar-refractivity contribution in [1.29, 1.82) is 0 Å². The Morgan fingerprint density at radius 3 is 2.72 bits per heavy atom. The summed E-state index contributed by atoms with van der Waals surface area (Å²) in [7, 11) is 3.28. The van der Waals surface area contributed by atoms with Gasteiger partial charge in [0, 0.05) is 23.2 Å². The van der Waals surface area contributed by atoms with Crippen molar-refractivity contribution in [2.45, 2.75) is 24.4 Å². The summed E-state index contributed by atoms with van der Waals surface area (Å²) in [5, 5.41) is 12.7. The number of allylic oxidation sites excluding steroid dienone is 1. The Bertz CT molecular complexity index is 1230. The molecule has 0 saturated heterocycles. The second kappa shape index (κ2) is 10.0. The highest BCUT2D eigenvalue weighted by Crippen LogP contribution is 2.39. The van der Waals surface area contributed by atoms with Crippen LogP contribution in [-0.4, -0.2) is 34.0 Å². The fourth-order valence-corrected chi connectivity index (χ4v) is 5.17. The molecule has 4 rings (SSSR count). The van der Waals surface area contributed by atoms with E-state index in [1.54, 1.807) is 37.3 Å². The minimum absolute atomic E-state index is 0.641. The molecule has 8 heteroatoms. The van der Waals surface area contributed by atoms with Crippen LogP contribution in [-0.2, 0) is 12.3 Å². The van der Waals surface area contributed by atoms with Crippen molar-refractivity contribution in [3.05, 3.63) is 71.8 Å². The Morgan fingerprint density at radius 2 is 1.97 bits per heavy atom. The Kier molecular flexibility index (Phi) is 6.92. The van der Waals surface area contributed by atoms with Gasteiger partial charge in [0.25, 0.3) is 0 Å². The number of nitrogens with zero attached hydrogens (tertiary/aromatic N) is 4. The Hall–Kier alpha value is -3.10. The summed E-state index contributed by atoms with van der Waals surface area (Å²) < 4.78 is 13.1. The second-order valence-electron chi connectivity index (χ2n) is 7.05. The van der Waals surface area contributed by atoms with Crippen molar-refractivity contribution in [3.8, 4) is 33.5 Å². The van der Waals surface area contributed by atoms with Crippen LogP contribution in [0.1, 0.15) is 11.3 Å². The largest absolute Gasteiger partial charge is 0.493 e. The first-order chi connectivity index (χ1) is 15.6. The number of rotatable bonds is 9. The summed E-state index contributed by atoms with van der Waals surface area (Å²) in [6.45, 7) is 6.61. The van der Waals surface area contributed by atoms with E-state index >= 15 is 0 Å². The summed E-state index contributed by atoms with van der Waals surface area (Å²) in [5.41, 5.74) is 4.13. The fourth-order valence-electron chi connectivity index (χ4n) is 3.38. The fraction of sp³-hybridized carbons (Fsp3) is 0.208. The van der Waals surface area contributed by atoms with Crippen molar-refractivity contribution in [2.75, 3.05) is 14.2 Å². The lowest BCUT2D eigenvalue weighted by Gasteiger charge is -2.10. The third-order valence-corrected chi connectivity index (χ3v) is 6.76. The van der Waals surface area contributed by atoms with Crippen LogP contribution >= 0.6 is 23.1 Å². The monoisotopic (exact) mass is 464 g/mol. The number of thiazole rings is 1. The molecular weight excluding hydrogens is 440 g/mol. The quantitative estimate of drug-likeness (QED) is 0.228. The number of benzene rings is 2. The normalized spacial score (nSPS) is 10.8. The number of thioether (sulfide) groups is 1. The molecule has 0 bridgehead atoms. The number of aryl methyl sites for hydroxylation is 1. The first-order valence-electron chi connectivity index (χ1n) is 10.0. The van der Waals surface area contributed by atoms with Crippen LogP contribution in [0.25, 0.3) is 22.0 Å². The molecule has 2 aromatic heterocycles. The molecule has 0 saturated carbocycles. The minimum Gasteiger partial charge on any atom is -0.493 e. The van der Waals surface area contributed by atoms with E-state index in [0.717, 1.165) is 32.8 Å². The van der Waals surface area contributed by atoms with E-state index in [4.69, 9.17) is 14.5 Å². The van der Waals surface area contributed by atoms with Gasteiger partial charge >= 0.3 is 0 Å². The molecule has 0 spiro atoms. The summed E-state index contributed by atoms with van der Waals surface area (Å²) in [6, 6.07) is 14.1. The zero-order valence-corrected chi connectivity index (χ0v) is 19.9. The van der Waals surface area contributed by atoms with Gasteiger partial charge in [-0.1, -0.05) is 47.7 Å². The number of aromatic nitrogens is 4. The molecule has 0 radical (unpaired) electrons. The molecule has 0 N–H and O–H groups in total. The Morgan fingerprint density at radius 1 is 1.12 bits per heavy atom. The molecule has 164 valence electrons. The van der Waals surface area contributed by atoms with Crippen molar-refractivity contribution < 1.29 is 9.47 Å². The summed E-state index contributed by atoms with van der Waals surface area (Å²) >= 11 is 3.20. The highest BCUT2D eigenvalue weighted by Gasteiger charge is 2.17. The molecule has 0 atom stereocenters. The Balaban J connectivity index is 1.56. The predicted molar refractivity (Wildman–Crippen MR) is 131 cm³/mol. The maximum Gasteiger partial charge on any atom is 0.192 e. The zero-order chi connectivity index (χ0) is 22.5. The molecule has 6 nitrogen and oxygen atoms in total. The van der Waals surface area contributed by atoms with E-state index in [0.29, 0.717) is 23.8 Å². The molecule has 4 aromatic rings. The maximum absolute atomic E-state index is 5.56. The molecular formula is C24H24N4O2S2. The molecule has 0 aliphatic heterocycles. The van der Waals surface area contributed by atoms with E-state index < -0.39 is 0 Å². The highest BCUT2D eigenvalue weighted by atomic mass is 32.2. The topological polar surface area (TPSA) is 62.1 Å². The lowest BCUT2D eigenvalue weighted by Crippen LogP contribution is -2.01. The smallest absolute Gasteiger partial charge is 0.192 e. The summed E-state index contributed by atoms with van der Waals surface area (Å²) in [5.74, 6) is 2.91. The molecule has 2 heterocycles. The third-order valence-electron chi connectivity index (χ3n) is 4.84. The number of ether oxygens (including phenoxy) is 2. The van der Waals surface area contributed by atoms with Crippen LogP contribution in [0, 0.1) is 6.92 Å². The van der Waals surface area contributed by atoms with Crippen LogP contribution in [0.2, 0.25) is 0 Å². The minimum atomic E-state index is 0.641. The first kappa shape index (κ1) is 22.1. The molecule has 0 aliphatic rings. The predicted octanol–water partition coefficient (Wildman–Crippen LogP) is 5.87. The number of para-hydroxylation sites is 1. The van der Waals surface area contributed by atoms with E-state index in [2.05, 4.69) is 51.8 Å². The van der Waals surface area contributed by atoms with Crippen LogP contribution in [0.3, 0.4) is 0 Å². The van der Waals surface area contributed by atoms with E-state index in [1.165, 1.54) is 5.56 Å². The molecule has 0 unspecified atom stereocenters. The third kappa shape index (κ3) is 4.56. The SMILES string of the molecule is C=CCn1c(SCc2csc(-c3cccc(OC)c3OC)n2)nnc1-c1cccc(C)c1. The van der Waals surface area contributed by atoms with Gasteiger partial charge in [-0.15, -0.1) is 28.1 Å². The van der Waals surface area contributed by atoms with Crippen LogP contribution in [0.5, 0.6) is 11.5 Å².